The number of unbranched alkanes of at least 4 members (excludes halogenated alkanes) is 1. The van der Waals surface area contributed by atoms with Crippen LogP contribution in [-0.4, -0.2) is 6.04 Å². The molecule has 2 aliphatic rings. The first-order chi connectivity index (χ1) is 14.2. The fraction of sp³-hybridized carbons (Fsp3) is 1.00. The molecule has 0 radical (unpaired) electrons. The van der Waals surface area contributed by atoms with E-state index in [0.717, 1.165) is 29.6 Å². The van der Waals surface area contributed by atoms with E-state index in [2.05, 4.69) is 76.2 Å². The molecule has 2 fully saturated rings. The van der Waals surface area contributed by atoms with E-state index >= 15 is 0 Å². The van der Waals surface area contributed by atoms with Gasteiger partial charge >= 0.3 is 0 Å². The summed E-state index contributed by atoms with van der Waals surface area (Å²) in [6.07, 6.45) is 11.8. The molecular formula is C30H59N. The van der Waals surface area contributed by atoms with Crippen molar-refractivity contribution in [2.75, 3.05) is 0 Å². The van der Waals surface area contributed by atoms with Gasteiger partial charge in [0.05, 0.1) is 0 Å². The maximum atomic E-state index is 6.88. The van der Waals surface area contributed by atoms with Gasteiger partial charge in [-0.1, -0.05) is 95.4 Å². The molecule has 1 nitrogen and oxygen atoms in total. The van der Waals surface area contributed by atoms with E-state index in [-0.39, 0.29) is 0 Å². The Labute approximate surface area is 197 Å². The van der Waals surface area contributed by atoms with Crippen molar-refractivity contribution in [3.8, 4) is 0 Å². The summed E-state index contributed by atoms with van der Waals surface area (Å²) in [4.78, 5) is 0. The molecule has 0 aromatic carbocycles. The van der Waals surface area contributed by atoms with Gasteiger partial charge in [0.2, 0.25) is 0 Å². The van der Waals surface area contributed by atoms with Crippen molar-refractivity contribution in [3.63, 3.8) is 0 Å². The minimum Gasteiger partial charge on any atom is -0.328 e. The molecule has 0 saturated heterocycles. The quantitative estimate of drug-likeness (QED) is 0.345. The number of hydrogen-bond acceptors (Lipinski definition) is 1. The van der Waals surface area contributed by atoms with Crippen molar-refractivity contribution in [3.05, 3.63) is 0 Å². The van der Waals surface area contributed by atoms with Crippen LogP contribution in [0, 0.1) is 51.2 Å². The molecule has 0 amide bonds. The molecule has 31 heavy (non-hydrogen) atoms. The van der Waals surface area contributed by atoms with Crippen LogP contribution in [0.2, 0.25) is 0 Å². The predicted octanol–water partition coefficient (Wildman–Crippen LogP) is 9.10. The molecule has 2 aliphatic carbocycles. The summed E-state index contributed by atoms with van der Waals surface area (Å²) in [7, 11) is 0. The van der Waals surface area contributed by atoms with E-state index in [0.29, 0.717) is 27.7 Å². The third-order valence-electron chi connectivity index (χ3n) is 11.5. The third kappa shape index (κ3) is 4.52. The van der Waals surface area contributed by atoms with Crippen molar-refractivity contribution in [2.45, 2.75) is 140 Å². The first-order valence-electron chi connectivity index (χ1n) is 14.0. The molecule has 0 bridgehead atoms. The van der Waals surface area contributed by atoms with Gasteiger partial charge in [-0.05, 0) is 89.8 Å². The lowest BCUT2D eigenvalue weighted by molar-refractivity contribution is -0.192. The molecule has 0 spiro atoms. The molecule has 2 rings (SSSR count). The summed E-state index contributed by atoms with van der Waals surface area (Å²) >= 11 is 0. The molecule has 0 aromatic rings. The number of nitrogens with two attached hydrogens (primary N) is 1. The Hall–Kier alpha value is -0.0400. The highest BCUT2D eigenvalue weighted by Crippen LogP contribution is 2.71. The maximum Gasteiger partial charge on any atom is 0.00441 e. The summed E-state index contributed by atoms with van der Waals surface area (Å²) in [5.74, 6) is 4.23. The smallest absolute Gasteiger partial charge is 0.00441 e. The molecule has 9 unspecified atom stereocenters. The second-order valence-corrected chi connectivity index (χ2v) is 13.8. The van der Waals surface area contributed by atoms with Gasteiger partial charge in [-0.3, -0.25) is 0 Å². The summed E-state index contributed by atoms with van der Waals surface area (Å²) in [5, 5.41) is 0. The highest BCUT2D eigenvalue weighted by molar-refractivity contribution is 5.12. The molecule has 0 heterocycles. The van der Waals surface area contributed by atoms with Crippen LogP contribution in [0.3, 0.4) is 0 Å². The van der Waals surface area contributed by atoms with Crippen LogP contribution in [0.1, 0.15) is 134 Å². The maximum absolute atomic E-state index is 6.88. The molecule has 2 N–H and O–H groups in total. The summed E-state index contributed by atoms with van der Waals surface area (Å²) in [6.45, 7) is 27.8. The van der Waals surface area contributed by atoms with Crippen molar-refractivity contribution < 1.29 is 0 Å². The van der Waals surface area contributed by atoms with Crippen molar-refractivity contribution in [1.82, 2.24) is 0 Å². The fourth-order valence-corrected chi connectivity index (χ4v) is 9.21. The van der Waals surface area contributed by atoms with E-state index in [1.807, 2.05) is 0 Å². The molecular weight excluding hydrogens is 374 g/mol. The average molecular weight is 434 g/mol. The van der Waals surface area contributed by atoms with Crippen LogP contribution in [0.5, 0.6) is 0 Å². The minimum absolute atomic E-state index is 0.306. The lowest BCUT2D eigenvalue weighted by Crippen LogP contribution is -2.61. The first kappa shape index (κ1) is 27.2. The van der Waals surface area contributed by atoms with E-state index in [1.54, 1.807) is 0 Å². The van der Waals surface area contributed by atoms with Gasteiger partial charge in [0.25, 0.3) is 0 Å². The van der Waals surface area contributed by atoms with Crippen LogP contribution in [0.15, 0.2) is 0 Å². The third-order valence-corrected chi connectivity index (χ3v) is 11.5. The second-order valence-electron chi connectivity index (χ2n) is 13.8. The lowest BCUT2D eigenvalue weighted by atomic mass is 9.36. The summed E-state index contributed by atoms with van der Waals surface area (Å²) in [6, 6.07) is 0.353. The summed E-state index contributed by atoms with van der Waals surface area (Å²) in [5.41, 5.74) is 8.34. The van der Waals surface area contributed by atoms with Gasteiger partial charge in [-0.15, -0.1) is 0 Å². The fourth-order valence-electron chi connectivity index (χ4n) is 9.21. The van der Waals surface area contributed by atoms with Gasteiger partial charge in [0.15, 0.2) is 0 Å². The monoisotopic (exact) mass is 433 g/mol. The Morgan fingerprint density at radius 2 is 1.61 bits per heavy atom. The molecule has 0 aromatic heterocycles. The SMILES string of the molecule is CCCCC(N)CC(C)(CC(CC)(C(C)(C)C)C1(C)CCC1C)C1C(C)C(C)C1CC. The first-order valence-corrected chi connectivity index (χ1v) is 14.0. The second kappa shape index (κ2) is 9.68. The normalized spacial score (nSPS) is 38.5. The van der Waals surface area contributed by atoms with E-state index in [9.17, 15) is 0 Å². The van der Waals surface area contributed by atoms with E-state index < -0.39 is 0 Å². The molecule has 2 saturated carbocycles. The van der Waals surface area contributed by atoms with Crippen LogP contribution < -0.4 is 5.73 Å². The Morgan fingerprint density at radius 3 is 2.00 bits per heavy atom. The predicted molar refractivity (Wildman–Crippen MR) is 139 cm³/mol. The zero-order valence-corrected chi connectivity index (χ0v) is 23.4. The Bertz CT molecular complexity index is 575. The topological polar surface area (TPSA) is 26.0 Å². The molecule has 1 heteroatoms. The standard InChI is InChI=1S/C30H59N/c1-12-15-16-24(31)19-28(10,26-23(6)22(5)25(26)13-2)20-30(14-3,27(7,8)9)29(11)18-17-21(29)4/h21-26H,12-20,31H2,1-11H3. The van der Waals surface area contributed by atoms with Crippen LogP contribution in [-0.2, 0) is 0 Å². The van der Waals surface area contributed by atoms with Crippen molar-refractivity contribution in [1.29, 1.82) is 0 Å². The largest absolute Gasteiger partial charge is 0.328 e. The average Bonchev–Trinajstić information content (AvgIpc) is 2.70. The zero-order valence-electron chi connectivity index (χ0n) is 23.4. The van der Waals surface area contributed by atoms with Crippen LogP contribution >= 0.6 is 0 Å². The van der Waals surface area contributed by atoms with Crippen LogP contribution in [0.4, 0.5) is 0 Å². The van der Waals surface area contributed by atoms with Crippen molar-refractivity contribution in [2.24, 2.45) is 57.0 Å². The number of hydrogen-bond donors (Lipinski definition) is 1. The highest BCUT2D eigenvalue weighted by atomic mass is 14.7. The number of rotatable bonds is 11. The lowest BCUT2D eigenvalue weighted by Gasteiger charge is -2.68. The van der Waals surface area contributed by atoms with Gasteiger partial charge in [0, 0.05) is 6.04 Å². The Balaban J connectivity index is 2.51. The minimum atomic E-state index is 0.306. The van der Waals surface area contributed by atoms with Crippen LogP contribution in [0.25, 0.3) is 0 Å². The van der Waals surface area contributed by atoms with Gasteiger partial charge in [0.1, 0.15) is 0 Å². The van der Waals surface area contributed by atoms with E-state index in [4.69, 9.17) is 5.73 Å². The molecule has 0 aliphatic heterocycles. The summed E-state index contributed by atoms with van der Waals surface area (Å²) < 4.78 is 0. The Morgan fingerprint density at radius 1 is 1.00 bits per heavy atom. The molecule has 184 valence electrons. The van der Waals surface area contributed by atoms with Gasteiger partial charge in [-0.25, -0.2) is 0 Å². The van der Waals surface area contributed by atoms with E-state index in [1.165, 1.54) is 57.8 Å². The Kier molecular flexibility index (Phi) is 8.49. The molecule has 9 atom stereocenters. The highest BCUT2D eigenvalue weighted by Gasteiger charge is 2.63. The van der Waals surface area contributed by atoms with Gasteiger partial charge in [-0.2, -0.15) is 0 Å². The van der Waals surface area contributed by atoms with Gasteiger partial charge < -0.3 is 5.73 Å². The zero-order chi connectivity index (χ0) is 23.8. The van der Waals surface area contributed by atoms with Crippen molar-refractivity contribution >= 4 is 0 Å².